The van der Waals surface area contributed by atoms with Crippen molar-refractivity contribution in [3.63, 3.8) is 0 Å². The maximum absolute atomic E-state index is 12.3. The molecule has 0 unspecified atom stereocenters. The van der Waals surface area contributed by atoms with E-state index in [0.29, 0.717) is 10.8 Å². The van der Waals surface area contributed by atoms with Crippen molar-refractivity contribution in [2.24, 2.45) is 7.05 Å². The van der Waals surface area contributed by atoms with Gasteiger partial charge in [0, 0.05) is 23.3 Å². The molecule has 24 heavy (non-hydrogen) atoms. The number of carbonyl (C=O) groups is 1. The van der Waals surface area contributed by atoms with E-state index in [2.05, 4.69) is 43.3 Å². The van der Waals surface area contributed by atoms with Gasteiger partial charge in [-0.3, -0.25) is 10.1 Å². The molecule has 0 aliphatic heterocycles. The highest BCUT2D eigenvalue weighted by Gasteiger charge is 2.16. The van der Waals surface area contributed by atoms with Crippen molar-refractivity contribution in [3.8, 4) is 10.7 Å². The summed E-state index contributed by atoms with van der Waals surface area (Å²) in [5.74, 6) is -0.271. The van der Waals surface area contributed by atoms with Gasteiger partial charge in [0.2, 0.25) is 5.13 Å². The zero-order chi connectivity index (χ0) is 16.7. The molecular weight excluding hydrogens is 342 g/mol. The van der Waals surface area contributed by atoms with Gasteiger partial charge in [0.05, 0.1) is 5.69 Å². The summed E-state index contributed by atoms with van der Waals surface area (Å²) in [7, 11) is 2.00. The van der Waals surface area contributed by atoms with Gasteiger partial charge in [-0.1, -0.05) is 29.5 Å². The number of hydrogen-bond donors (Lipinski definition) is 1. The number of rotatable bonds is 3. The number of para-hydroxylation sites is 1. The van der Waals surface area contributed by atoms with Crippen LogP contribution in [0.4, 0.5) is 5.13 Å². The molecule has 6 nitrogen and oxygen atoms in total. The predicted octanol–water partition coefficient (Wildman–Crippen LogP) is 3.71. The minimum atomic E-state index is -0.271. The molecule has 120 valence electrons. The minimum absolute atomic E-state index is 0.271. The molecule has 4 rings (SSSR count). The van der Waals surface area contributed by atoms with E-state index in [9.17, 15) is 4.79 Å². The molecule has 0 radical (unpaired) electrons. The lowest BCUT2D eigenvalue weighted by molar-refractivity contribution is 0.102. The van der Waals surface area contributed by atoms with Crippen LogP contribution >= 0.6 is 22.7 Å². The molecule has 0 fully saturated rings. The fourth-order valence-electron chi connectivity index (χ4n) is 2.50. The van der Waals surface area contributed by atoms with Crippen molar-refractivity contribution in [1.82, 2.24) is 19.7 Å². The third kappa shape index (κ3) is 2.59. The number of carbonyl (C=O) groups excluding carboxylic acids is 1. The van der Waals surface area contributed by atoms with Crippen molar-refractivity contribution < 1.29 is 4.79 Å². The van der Waals surface area contributed by atoms with Crippen molar-refractivity contribution in [1.29, 1.82) is 0 Å². The molecule has 0 aliphatic rings. The van der Waals surface area contributed by atoms with Crippen LogP contribution < -0.4 is 5.32 Å². The number of aryl methyl sites for hydroxylation is 2. The molecule has 3 aromatic heterocycles. The highest BCUT2D eigenvalue weighted by atomic mass is 32.1. The number of nitrogens with zero attached hydrogens (tertiary/aromatic N) is 4. The summed E-state index contributed by atoms with van der Waals surface area (Å²) in [5, 5.41) is 15.5. The number of amides is 1. The van der Waals surface area contributed by atoms with Crippen LogP contribution in [-0.4, -0.2) is 25.7 Å². The Labute approximate surface area is 145 Å². The Morgan fingerprint density at radius 3 is 2.83 bits per heavy atom. The smallest absolute Gasteiger partial charge is 0.276 e. The lowest BCUT2D eigenvalue weighted by Gasteiger charge is -2.00. The Balaban J connectivity index is 1.64. The zero-order valence-corrected chi connectivity index (χ0v) is 14.6. The third-order valence-corrected chi connectivity index (χ3v) is 5.27. The van der Waals surface area contributed by atoms with Gasteiger partial charge < -0.3 is 4.57 Å². The van der Waals surface area contributed by atoms with E-state index in [4.69, 9.17) is 0 Å². The number of hydrogen-bond acceptors (Lipinski definition) is 6. The predicted molar refractivity (Wildman–Crippen MR) is 96.6 cm³/mol. The molecule has 0 aliphatic carbocycles. The second kappa shape index (κ2) is 5.81. The number of anilines is 1. The summed E-state index contributed by atoms with van der Waals surface area (Å²) in [6, 6.07) is 10.2. The van der Waals surface area contributed by atoms with E-state index in [1.54, 1.807) is 5.38 Å². The summed E-state index contributed by atoms with van der Waals surface area (Å²) < 4.78 is 2.09. The second-order valence-electron chi connectivity index (χ2n) is 5.27. The molecule has 3 heterocycles. The van der Waals surface area contributed by atoms with Crippen LogP contribution in [0.25, 0.3) is 21.6 Å². The van der Waals surface area contributed by atoms with Crippen molar-refractivity contribution in [3.05, 3.63) is 46.4 Å². The maximum atomic E-state index is 12.3. The van der Waals surface area contributed by atoms with Gasteiger partial charge in [-0.15, -0.1) is 21.5 Å². The van der Waals surface area contributed by atoms with Gasteiger partial charge in [0.25, 0.3) is 5.91 Å². The normalized spacial score (nSPS) is 11.1. The maximum Gasteiger partial charge on any atom is 0.276 e. The average molecular weight is 355 g/mol. The molecule has 0 atom stereocenters. The van der Waals surface area contributed by atoms with Gasteiger partial charge in [-0.2, -0.15) is 0 Å². The standard InChI is InChI=1S/C16H13N5OS2/c1-9-19-20-16(24-9)18-14(22)11-8-23-15(17-11)13-7-10-5-3-4-6-12(10)21(13)2/h3-8H,1-2H3,(H,18,20,22). The van der Waals surface area contributed by atoms with Gasteiger partial charge in [-0.25, -0.2) is 4.98 Å². The summed E-state index contributed by atoms with van der Waals surface area (Å²) >= 11 is 2.79. The first-order valence-electron chi connectivity index (χ1n) is 7.23. The number of thiazole rings is 1. The average Bonchev–Trinajstić information content (AvgIpc) is 3.27. The van der Waals surface area contributed by atoms with E-state index in [0.717, 1.165) is 26.6 Å². The molecule has 8 heteroatoms. The Bertz CT molecular complexity index is 1050. The number of aromatic nitrogens is 4. The monoisotopic (exact) mass is 355 g/mol. The van der Waals surface area contributed by atoms with Gasteiger partial charge in [-0.05, 0) is 19.1 Å². The van der Waals surface area contributed by atoms with E-state index in [1.807, 2.05) is 26.1 Å². The fraction of sp³-hybridized carbons (Fsp3) is 0.125. The Morgan fingerprint density at radius 2 is 2.08 bits per heavy atom. The molecule has 1 N–H and O–H groups in total. The van der Waals surface area contributed by atoms with E-state index < -0.39 is 0 Å². The Kier molecular flexibility index (Phi) is 3.62. The lowest BCUT2D eigenvalue weighted by Crippen LogP contribution is -2.12. The quantitative estimate of drug-likeness (QED) is 0.608. The summed E-state index contributed by atoms with van der Waals surface area (Å²) in [5.41, 5.74) is 2.51. The molecule has 1 aromatic carbocycles. The largest absolute Gasteiger partial charge is 0.342 e. The fourth-order valence-corrected chi connectivity index (χ4v) is 3.94. The lowest BCUT2D eigenvalue weighted by atomic mass is 10.2. The van der Waals surface area contributed by atoms with Crippen LogP contribution in [0.3, 0.4) is 0 Å². The molecule has 1 amide bonds. The summed E-state index contributed by atoms with van der Waals surface area (Å²) in [6.07, 6.45) is 0. The van der Waals surface area contributed by atoms with E-state index in [-0.39, 0.29) is 5.91 Å². The zero-order valence-electron chi connectivity index (χ0n) is 13.0. The molecular formula is C16H13N5OS2. The first kappa shape index (κ1) is 15.0. The first-order valence-corrected chi connectivity index (χ1v) is 8.93. The van der Waals surface area contributed by atoms with Gasteiger partial charge in [0.15, 0.2) is 0 Å². The summed E-state index contributed by atoms with van der Waals surface area (Å²) in [6.45, 7) is 1.84. The first-order chi connectivity index (χ1) is 11.6. The SMILES string of the molecule is Cc1nnc(NC(=O)c2csc(-c3cc4ccccc4n3C)n2)s1. The van der Waals surface area contributed by atoms with Crippen molar-refractivity contribution in [2.75, 3.05) is 5.32 Å². The summed E-state index contributed by atoms with van der Waals surface area (Å²) in [4.78, 5) is 16.8. The number of benzene rings is 1. The van der Waals surface area contributed by atoms with Crippen LogP contribution in [0, 0.1) is 6.92 Å². The topological polar surface area (TPSA) is 72.7 Å². The molecule has 0 bridgehead atoms. The number of fused-ring (bicyclic) bond motifs is 1. The van der Waals surface area contributed by atoms with Gasteiger partial charge in [0.1, 0.15) is 15.7 Å². The third-order valence-electron chi connectivity index (χ3n) is 3.65. The van der Waals surface area contributed by atoms with Crippen LogP contribution in [-0.2, 0) is 7.05 Å². The van der Waals surface area contributed by atoms with E-state index in [1.165, 1.54) is 22.7 Å². The minimum Gasteiger partial charge on any atom is -0.342 e. The van der Waals surface area contributed by atoms with Gasteiger partial charge >= 0.3 is 0 Å². The highest BCUT2D eigenvalue weighted by molar-refractivity contribution is 7.15. The van der Waals surface area contributed by atoms with Crippen molar-refractivity contribution >= 4 is 44.6 Å². The molecule has 0 saturated heterocycles. The van der Waals surface area contributed by atoms with Crippen LogP contribution in [0.1, 0.15) is 15.5 Å². The molecule has 0 spiro atoms. The molecule has 0 saturated carbocycles. The van der Waals surface area contributed by atoms with E-state index >= 15 is 0 Å². The molecule has 4 aromatic rings. The van der Waals surface area contributed by atoms with Crippen LogP contribution in [0.2, 0.25) is 0 Å². The highest BCUT2D eigenvalue weighted by Crippen LogP contribution is 2.29. The Hall–Kier alpha value is -2.58. The Morgan fingerprint density at radius 1 is 1.25 bits per heavy atom. The number of nitrogens with one attached hydrogen (secondary N) is 1. The van der Waals surface area contributed by atoms with Crippen LogP contribution in [0.15, 0.2) is 35.7 Å². The van der Waals surface area contributed by atoms with Crippen LogP contribution in [0.5, 0.6) is 0 Å². The second-order valence-corrected chi connectivity index (χ2v) is 7.31. The van der Waals surface area contributed by atoms with Crippen molar-refractivity contribution in [2.45, 2.75) is 6.92 Å².